The zero-order chi connectivity index (χ0) is 13.1. The summed E-state index contributed by atoms with van der Waals surface area (Å²) in [5, 5.41) is 10.7. The third kappa shape index (κ3) is 2.56. The highest BCUT2D eigenvalue weighted by atomic mass is 35.5. The molecule has 0 radical (unpaired) electrons. The van der Waals surface area contributed by atoms with Crippen LogP contribution in [0.1, 0.15) is 22.0 Å². The standard InChI is InChI=1S/C14H10Cl2O2/c15-11-7-3-1-5-9(11)13(17)14(18)10-6-2-4-8-12(10)16/h1-8,13,17H/t13-/m0/s1. The molecule has 0 saturated carbocycles. The van der Waals surface area contributed by atoms with Gasteiger partial charge in [0.2, 0.25) is 0 Å². The molecule has 2 aromatic carbocycles. The average molecular weight is 281 g/mol. The lowest BCUT2D eigenvalue weighted by atomic mass is 10.00. The van der Waals surface area contributed by atoms with Crippen molar-refractivity contribution in [1.29, 1.82) is 0 Å². The number of hydrogen-bond donors (Lipinski definition) is 1. The van der Waals surface area contributed by atoms with Gasteiger partial charge in [-0.25, -0.2) is 0 Å². The summed E-state index contributed by atoms with van der Waals surface area (Å²) in [6, 6.07) is 13.3. The van der Waals surface area contributed by atoms with Crippen molar-refractivity contribution in [1.82, 2.24) is 0 Å². The summed E-state index contributed by atoms with van der Waals surface area (Å²) in [5.41, 5.74) is 0.663. The Morgan fingerprint density at radius 3 is 2.11 bits per heavy atom. The Hall–Kier alpha value is -1.35. The first-order valence-corrected chi connectivity index (χ1v) is 6.08. The number of carbonyl (C=O) groups is 1. The molecule has 2 aromatic rings. The van der Waals surface area contributed by atoms with E-state index >= 15 is 0 Å². The monoisotopic (exact) mass is 280 g/mol. The zero-order valence-corrected chi connectivity index (χ0v) is 10.8. The lowest BCUT2D eigenvalue weighted by Gasteiger charge is -2.12. The number of benzene rings is 2. The van der Waals surface area contributed by atoms with Gasteiger partial charge in [-0.3, -0.25) is 4.79 Å². The quantitative estimate of drug-likeness (QED) is 0.866. The molecule has 2 rings (SSSR count). The third-order valence-electron chi connectivity index (χ3n) is 2.59. The van der Waals surface area contributed by atoms with E-state index in [1.807, 2.05) is 0 Å². The molecule has 92 valence electrons. The van der Waals surface area contributed by atoms with Crippen LogP contribution in [-0.2, 0) is 0 Å². The Morgan fingerprint density at radius 1 is 0.944 bits per heavy atom. The Bertz CT molecular complexity index is 582. The van der Waals surface area contributed by atoms with E-state index in [0.29, 0.717) is 15.6 Å². The number of aliphatic hydroxyl groups excluding tert-OH is 1. The molecule has 0 aliphatic carbocycles. The molecule has 0 unspecified atom stereocenters. The van der Waals surface area contributed by atoms with E-state index in [4.69, 9.17) is 23.2 Å². The van der Waals surface area contributed by atoms with Crippen molar-refractivity contribution in [3.05, 3.63) is 69.7 Å². The highest BCUT2D eigenvalue weighted by Gasteiger charge is 2.22. The minimum absolute atomic E-state index is 0.284. The predicted molar refractivity (Wildman–Crippen MR) is 72.2 cm³/mol. The first-order chi connectivity index (χ1) is 8.61. The van der Waals surface area contributed by atoms with Crippen LogP contribution in [0.25, 0.3) is 0 Å². The second-order valence-electron chi connectivity index (χ2n) is 3.77. The van der Waals surface area contributed by atoms with Gasteiger partial charge < -0.3 is 5.11 Å². The van der Waals surface area contributed by atoms with Crippen LogP contribution in [-0.4, -0.2) is 10.9 Å². The van der Waals surface area contributed by atoms with E-state index < -0.39 is 11.9 Å². The molecule has 0 amide bonds. The fourth-order valence-corrected chi connectivity index (χ4v) is 2.11. The predicted octanol–water partition coefficient (Wildman–Crippen LogP) is 3.91. The highest BCUT2D eigenvalue weighted by Crippen LogP contribution is 2.27. The fraction of sp³-hybridized carbons (Fsp3) is 0.0714. The summed E-state index contributed by atoms with van der Waals surface area (Å²) >= 11 is 11.9. The largest absolute Gasteiger partial charge is 0.380 e. The maximum Gasteiger partial charge on any atom is 0.197 e. The highest BCUT2D eigenvalue weighted by molar-refractivity contribution is 6.34. The van der Waals surface area contributed by atoms with Gasteiger partial charge in [-0.05, 0) is 18.2 Å². The van der Waals surface area contributed by atoms with Crippen LogP contribution in [0.3, 0.4) is 0 Å². The number of ketones is 1. The van der Waals surface area contributed by atoms with Crippen molar-refractivity contribution in [3.63, 3.8) is 0 Å². The van der Waals surface area contributed by atoms with Crippen molar-refractivity contribution in [2.24, 2.45) is 0 Å². The minimum Gasteiger partial charge on any atom is -0.380 e. The molecule has 0 aliphatic heterocycles. The topological polar surface area (TPSA) is 37.3 Å². The maximum absolute atomic E-state index is 12.1. The molecule has 0 heterocycles. The van der Waals surface area contributed by atoms with Crippen LogP contribution in [0.5, 0.6) is 0 Å². The van der Waals surface area contributed by atoms with Gasteiger partial charge >= 0.3 is 0 Å². The summed E-state index contributed by atoms with van der Waals surface area (Å²) in [6.45, 7) is 0. The molecule has 0 spiro atoms. The molecule has 0 bridgehead atoms. The molecule has 1 atom stereocenters. The first kappa shape index (κ1) is 13.1. The van der Waals surface area contributed by atoms with E-state index in [0.717, 1.165) is 0 Å². The van der Waals surface area contributed by atoms with Crippen LogP contribution in [0, 0.1) is 0 Å². The van der Waals surface area contributed by atoms with Gasteiger partial charge in [0.15, 0.2) is 5.78 Å². The van der Waals surface area contributed by atoms with Crippen LogP contribution in [0.2, 0.25) is 10.0 Å². The smallest absolute Gasteiger partial charge is 0.197 e. The normalized spacial score (nSPS) is 12.2. The van der Waals surface area contributed by atoms with E-state index in [2.05, 4.69) is 0 Å². The zero-order valence-electron chi connectivity index (χ0n) is 9.31. The van der Waals surface area contributed by atoms with Gasteiger partial charge in [0.05, 0.1) is 5.02 Å². The Balaban J connectivity index is 2.36. The molecule has 0 saturated heterocycles. The molecular weight excluding hydrogens is 271 g/mol. The van der Waals surface area contributed by atoms with Gasteiger partial charge in [-0.1, -0.05) is 53.5 Å². The summed E-state index contributed by atoms with van der Waals surface area (Å²) in [7, 11) is 0. The third-order valence-corrected chi connectivity index (χ3v) is 3.26. The van der Waals surface area contributed by atoms with Crippen LogP contribution in [0.4, 0.5) is 0 Å². The molecule has 18 heavy (non-hydrogen) atoms. The van der Waals surface area contributed by atoms with Crippen molar-refractivity contribution in [2.75, 3.05) is 0 Å². The van der Waals surface area contributed by atoms with Gasteiger partial charge in [0.25, 0.3) is 0 Å². The van der Waals surface area contributed by atoms with E-state index in [-0.39, 0.29) is 5.56 Å². The maximum atomic E-state index is 12.1. The summed E-state index contributed by atoms with van der Waals surface area (Å²) in [4.78, 5) is 12.1. The Kier molecular flexibility index (Phi) is 4.02. The molecule has 2 nitrogen and oxygen atoms in total. The summed E-state index contributed by atoms with van der Waals surface area (Å²) < 4.78 is 0. The van der Waals surface area contributed by atoms with E-state index in [9.17, 15) is 9.90 Å². The number of rotatable bonds is 3. The number of halogens is 2. The summed E-state index contributed by atoms with van der Waals surface area (Å²) in [6.07, 6.45) is -1.31. The second kappa shape index (κ2) is 5.53. The first-order valence-electron chi connectivity index (χ1n) is 5.32. The Morgan fingerprint density at radius 2 is 1.50 bits per heavy atom. The van der Waals surface area contributed by atoms with Gasteiger partial charge in [-0.15, -0.1) is 0 Å². The van der Waals surface area contributed by atoms with Gasteiger partial charge in [0, 0.05) is 16.1 Å². The molecule has 0 aromatic heterocycles. The van der Waals surface area contributed by atoms with Crippen LogP contribution < -0.4 is 0 Å². The van der Waals surface area contributed by atoms with Crippen LogP contribution in [0.15, 0.2) is 48.5 Å². The molecule has 0 fully saturated rings. The fourth-order valence-electron chi connectivity index (χ4n) is 1.65. The average Bonchev–Trinajstić information content (AvgIpc) is 2.38. The van der Waals surface area contributed by atoms with E-state index in [1.54, 1.807) is 48.5 Å². The molecule has 1 N–H and O–H groups in total. The molecular formula is C14H10Cl2O2. The minimum atomic E-state index is -1.31. The van der Waals surface area contributed by atoms with Crippen molar-refractivity contribution >= 4 is 29.0 Å². The van der Waals surface area contributed by atoms with Gasteiger partial charge in [0.1, 0.15) is 6.10 Å². The summed E-state index contributed by atoms with van der Waals surface area (Å²) in [5.74, 6) is -0.464. The number of aliphatic hydroxyl groups is 1. The van der Waals surface area contributed by atoms with Crippen LogP contribution >= 0.6 is 23.2 Å². The lowest BCUT2D eigenvalue weighted by molar-refractivity contribution is 0.0748. The lowest BCUT2D eigenvalue weighted by Crippen LogP contribution is -2.13. The van der Waals surface area contributed by atoms with Crippen molar-refractivity contribution < 1.29 is 9.90 Å². The second-order valence-corrected chi connectivity index (χ2v) is 4.58. The SMILES string of the molecule is O=C(c1ccccc1Cl)[C@@H](O)c1ccccc1Cl. The Labute approximate surface area is 115 Å². The van der Waals surface area contributed by atoms with E-state index in [1.165, 1.54) is 0 Å². The number of hydrogen-bond acceptors (Lipinski definition) is 2. The number of carbonyl (C=O) groups excluding carboxylic acids is 1. The number of Topliss-reactive ketones (excluding diaryl/α,β-unsaturated/α-hetero) is 1. The van der Waals surface area contributed by atoms with Crippen molar-refractivity contribution in [2.45, 2.75) is 6.10 Å². The van der Waals surface area contributed by atoms with Gasteiger partial charge in [-0.2, -0.15) is 0 Å². The van der Waals surface area contributed by atoms with Crippen molar-refractivity contribution in [3.8, 4) is 0 Å². The molecule has 0 aliphatic rings. The molecule has 4 heteroatoms.